The molecule has 180 valence electrons. The summed E-state index contributed by atoms with van der Waals surface area (Å²) in [7, 11) is 3.19. The number of hydrogen-bond donors (Lipinski definition) is 2. The summed E-state index contributed by atoms with van der Waals surface area (Å²) in [5.74, 6) is 1.36. The number of urea groups is 1. The number of nitrogens with one attached hydrogen (secondary N) is 2. The van der Waals surface area contributed by atoms with Crippen molar-refractivity contribution in [2.45, 2.75) is 19.5 Å². The van der Waals surface area contributed by atoms with E-state index in [1.54, 1.807) is 62.9 Å². The molecule has 3 rings (SSSR count). The third-order valence-electron chi connectivity index (χ3n) is 4.75. The number of halogens is 3. The highest BCUT2D eigenvalue weighted by atomic mass is 35.5. The fourth-order valence-electron chi connectivity index (χ4n) is 3.11. The number of benzene rings is 2. The van der Waals surface area contributed by atoms with E-state index in [4.69, 9.17) is 44.3 Å². The Kier molecular flexibility index (Phi) is 9.18. The molecule has 0 fully saturated rings. The van der Waals surface area contributed by atoms with Crippen LogP contribution in [0.3, 0.4) is 0 Å². The van der Waals surface area contributed by atoms with Crippen molar-refractivity contribution >= 4 is 58.3 Å². The molecule has 0 saturated heterocycles. The zero-order chi connectivity index (χ0) is 24.7. The van der Waals surface area contributed by atoms with Gasteiger partial charge in [0, 0.05) is 42.5 Å². The van der Waals surface area contributed by atoms with Crippen molar-refractivity contribution in [3.8, 4) is 5.75 Å². The molecule has 0 aliphatic rings. The van der Waals surface area contributed by atoms with E-state index >= 15 is 0 Å². The number of hydrogen-bond acceptors (Lipinski definition) is 6. The van der Waals surface area contributed by atoms with Crippen LogP contribution in [-0.4, -0.2) is 42.9 Å². The summed E-state index contributed by atoms with van der Waals surface area (Å²) in [6.45, 7) is 2.47. The van der Waals surface area contributed by atoms with Gasteiger partial charge in [-0.25, -0.2) is 14.7 Å². The first-order valence-electron chi connectivity index (χ1n) is 10.3. The molecule has 2 amide bonds. The molecule has 0 bridgehead atoms. The molecule has 1 aromatic heterocycles. The second-order valence-electron chi connectivity index (χ2n) is 7.25. The van der Waals surface area contributed by atoms with Gasteiger partial charge in [-0.15, -0.1) is 0 Å². The van der Waals surface area contributed by atoms with Gasteiger partial charge in [-0.3, -0.25) is 0 Å². The average Bonchev–Trinajstić information content (AvgIpc) is 2.82. The fraction of sp³-hybridized carbons (Fsp3) is 0.261. The molecule has 8 nitrogen and oxygen atoms in total. The number of methoxy groups -OCH3 is 2. The maximum absolute atomic E-state index is 13.4. The number of ether oxygens (including phenoxy) is 2. The van der Waals surface area contributed by atoms with Crippen LogP contribution in [-0.2, 0) is 11.3 Å². The maximum Gasteiger partial charge on any atom is 0.327 e. The number of amides is 2. The number of carbonyl (C=O) groups is 1. The highest BCUT2D eigenvalue weighted by Crippen LogP contribution is 2.32. The maximum atomic E-state index is 13.4. The van der Waals surface area contributed by atoms with E-state index in [0.29, 0.717) is 45.4 Å². The minimum Gasteiger partial charge on any atom is -0.497 e. The van der Waals surface area contributed by atoms with Crippen molar-refractivity contribution in [1.29, 1.82) is 0 Å². The Bertz CT molecular complexity index is 1130. The van der Waals surface area contributed by atoms with E-state index in [1.165, 1.54) is 4.90 Å². The molecule has 2 N–H and O–H groups in total. The quantitative estimate of drug-likeness (QED) is 0.337. The summed E-state index contributed by atoms with van der Waals surface area (Å²) < 4.78 is 10.4. The second kappa shape index (κ2) is 12.1. The van der Waals surface area contributed by atoms with Gasteiger partial charge >= 0.3 is 6.03 Å². The Hall–Kier alpha value is -2.78. The third kappa shape index (κ3) is 6.42. The van der Waals surface area contributed by atoms with Gasteiger partial charge in [-0.2, -0.15) is 4.98 Å². The van der Waals surface area contributed by atoms with Gasteiger partial charge in [0.2, 0.25) is 5.95 Å². The van der Waals surface area contributed by atoms with Gasteiger partial charge in [-0.1, -0.05) is 34.8 Å². The Balaban J connectivity index is 1.91. The number of nitrogens with zero attached hydrogens (tertiary/aromatic N) is 3. The first-order valence-corrected chi connectivity index (χ1v) is 11.4. The molecule has 2 aromatic carbocycles. The minimum atomic E-state index is -0.452. The molecular weight excluding hydrogens is 501 g/mol. The van der Waals surface area contributed by atoms with E-state index in [2.05, 4.69) is 20.6 Å². The van der Waals surface area contributed by atoms with Crippen molar-refractivity contribution in [2.75, 3.05) is 31.0 Å². The van der Waals surface area contributed by atoms with Crippen LogP contribution in [0, 0.1) is 0 Å². The highest BCUT2D eigenvalue weighted by Gasteiger charge is 2.21. The molecule has 0 saturated carbocycles. The molecule has 0 aliphatic heterocycles. The largest absolute Gasteiger partial charge is 0.497 e. The molecule has 11 heteroatoms. The molecular formula is C23H24Cl3N5O3. The summed E-state index contributed by atoms with van der Waals surface area (Å²) in [5, 5.41) is 7.02. The van der Waals surface area contributed by atoms with Gasteiger partial charge in [0.05, 0.1) is 29.4 Å². The molecule has 1 atom stereocenters. The number of rotatable bonds is 9. The van der Waals surface area contributed by atoms with Crippen LogP contribution >= 0.6 is 34.8 Å². The smallest absolute Gasteiger partial charge is 0.327 e. The summed E-state index contributed by atoms with van der Waals surface area (Å²) >= 11 is 18.7. The Labute approximate surface area is 213 Å². The zero-order valence-electron chi connectivity index (χ0n) is 18.8. The minimum absolute atomic E-state index is 0.0318. The van der Waals surface area contributed by atoms with Crippen molar-refractivity contribution in [1.82, 2.24) is 15.3 Å². The molecule has 0 spiro atoms. The number of carbonyl (C=O) groups excluding carboxylic acids is 1. The lowest BCUT2D eigenvalue weighted by Crippen LogP contribution is -2.37. The van der Waals surface area contributed by atoms with Crippen LogP contribution in [0.1, 0.15) is 12.5 Å². The fourth-order valence-corrected chi connectivity index (χ4v) is 3.80. The Morgan fingerprint density at radius 3 is 2.44 bits per heavy atom. The lowest BCUT2D eigenvalue weighted by atomic mass is 10.2. The van der Waals surface area contributed by atoms with Gasteiger partial charge in [0.15, 0.2) is 0 Å². The molecule has 34 heavy (non-hydrogen) atoms. The molecule has 0 aliphatic carbocycles. The van der Waals surface area contributed by atoms with Crippen LogP contribution < -0.4 is 20.3 Å². The summed E-state index contributed by atoms with van der Waals surface area (Å²) in [6.07, 6.45) is 1.57. The molecule has 3 aromatic rings. The van der Waals surface area contributed by atoms with E-state index in [9.17, 15) is 4.79 Å². The van der Waals surface area contributed by atoms with Crippen LogP contribution in [0.25, 0.3) is 0 Å². The lowest BCUT2D eigenvalue weighted by molar-refractivity contribution is 0.190. The SMILES string of the molecule is COC[C@H](C)Nc1nccc(N(C(=O)NCc2c(Cl)ccc(Cl)c2Cl)c2ccc(OC)cc2)n1. The van der Waals surface area contributed by atoms with E-state index < -0.39 is 6.03 Å². The number of anilines is 3. The second-order valence-corrected chi connectivity index (χ2v) is 8.45. The average molecular weight is 525 g/mol. The van der Waals surface area contributed by atoms with Crippen molar-refractivity contribution < 1.29 is 14.3 Å². The monoisotopic (exact) mass is 523 g/mol. The molecule has 0 unspecified atom stereocenters. The van der Waals surface area contributed by atoms with E-state index in [-0.39, 0.29) is 17.6 Å². The lowest BCUT2D eigenvalue weighted by Gasteiger charge is -2.23. The van der Waals surface area contributed by atoms with Gasteiger partial charge in [0.25, 0.3) is 0 Å². The highest BCUT2D eigenvalue weighted by molar-refractivity contribution is 6.44. The number of aromatic nitrogens is 2. The van der Waals surface area contributed by atoms with E-state index in [0.717, 1.165) is 0 Å². The van der Waals surface area contributed by atoms with Crippen molar-refractivity contribution in [3.63, 3.8) is 0 Å². The van der Waals surface area contributed by atoms with Crippen LogP contribution in [0.5, 0.6) is 5.75 Å². The van der Waals surface area contributed by atoms with Crippen LogP contribution in [0.15, 0.2) is 48.7 Å². The predicted molar refractivity (Wildman–Crippen MR) is 136 cm³/mol. The third-order valence-corrected chi connectivity index (χ3v) is 5.95. The van der Waals surface area contributed by atoms with Gasteiger partial charge < -0.3 is 20.1 Å². The van der Waals surface area contributed by atoms with Crippen molar-refractivity contribution in [3.05, 3.63) is 69.3 Å². The Morgan fingerprint density at radius 1 is 1.06 bits per heavy atom. The zero-order valence-corrected chi connectivity index (χ0v) is 21.1. The van der Waals surface area contributed by atoms with Gasteiger partial charge in [-0.05, 0) is 43.3 Å². The molecule has 0 radical (unpaired) electrons. The molecule has 1 heterocycles. The first-order chi connectivity index (χ1) is 16.3. The Morgan fingerprint density at radius 2 is 1.76 bits per heavy atom. The summed E-state index contributed by atoms with van der Waals surface area (Å²) in [6, 6.07) is 11.4. The first kappa shape index (κ1) is 25.8. The van der Waals surface area contributed by atoms with Crippen LogP contribution in [0.2, 0.25) is 15.1 Å². The summed E-state index contributed by atoms with van der Waals surface area (Å²) in [5.41, 5.74) is 1.08. The topological polar surface area (TPSA) is 88.6 Å². The van der Waals surface area contributed by atoms with Crippen molar-refractivity contribution in [2.24, 2.45) is 0 Å². The van der Waals surface area contributed by atoms with Gasteiger partial charge in [0.1, 0.15) is 11.6 Å². The van der Waals surface area contributed by atoms with Crippen LogP contribution in [0.4, 0.5) is 22.2 Å². The predicted octanol–water partition coefficient (Wildman–Crippen LogP) is 5.94. The van der Waals surface area contributed by atoms with E-state index in [1.807, 2.05) is 6.92 Å². The normalized spacial score (nSPS) is 11.6. The summed E-state index contributed by atoms with van der Waals surface area (Å²) in [4.78, 5) is 23.6. The standard InChI is InChI=1S/C23H24Cl3N5O3/c1-14(13-33-2)29-22-27-11-10-20(30-22)31(15-4-6-16(34-3)7-5-15)23(32)28-12-17-18(24)8-9-19(25)21(17)26/h4-11,14H,12-13H2,1-3H3,(H,28,32)(H,27,29,30)/t14-/m0/s1.